The van der Waals surface area contributed by atoms with E-state index in [2.05, 4.69) is 50.1 Å². The molecule has 0 aliphatic rings. The van der Waals surface area contributed by atoms with E-state index < -0.39 is 0 Å². The molecule has 0 radical (unpaired) electrons. The van der Waals surface area contributed by atoms with Crippen LogP contribution in [0.4, 0.5) is 0 Å². The number of aromatic amines is 1. The van der Waals surface area contributed by atoms with Gasteiger partial charge in [-0.2, -0.15) is 0 Å². The van der Waals surface area contributed by atoms with E-state index in [0.29, 0.717) is 5.92 Å². The maximum Gasteiger partial charge on any atom is 0.270 e. The number of aryl methyl sites for hydroxylation is 1. The van der Waals surface area contributed by atoms with Gasteiger partial charge in [0.1, 0.15) is 0 Å². The molecule has 0 unspecified atom stereocenters. The van der Waals surface area contributed by atoms with Crippen LogP contribution in [0.15, 0.2) is 29.1 Å². The molecule has 20 heavy (non-hydrogen) atoms. The van der Waals surface area contributed by atoms with Crippen LogP contribution in [0.3, 0.4) is 0 Å². The average molecular weight is 272 g/mol. The summed E-state index contributed by atoms with van der Waals surface area (Å²) >= 11 is 0. The Morgan fingerprint density at radius 1 is 1.10 bits per heavy atom. The van der Waals surface area contributed by atoms with Crippen molar-refractivity contribution in [3.8, 4) is 11.3 Å². The van der Waals surface area contributed by atoms with Gasteiger partial charge in [0.05, 0.1) is 5.69 Å². The topological polar surface area (TPSA) is 37.8 Å². The van der Waals surface area contributed by atoms with E-state index in [9.17, 15) is 4.79 Å². The summed E-state index contributed by atoms with van der Waals surface area (Å²) in [7, 11) is 0. The number of nitrogens with zero attached hydrogens (tertiary/aromatic N) is 1. The highest BCUT2D eigenvalue weighted by molar-refractivity contribution is 5.63. The Morgan fingerprint density at radius 2 is 1.70 bits per heavy atom. The first kappa shape index (κ1) is 14.6. The Kier molecular flexibility index (Phi) is 4.17. The molecule has 0 spiro atoms. The first-order chi connectivity index (χ1) is 9.40. The van der Waals surface area contributed by atoms with Crippen LogP contribution in [0, 0.1) is 12.8 Å². The van der Waals surface area contributed by atoms with Crippen molar-refractivity contribution in [3.63, 3.8) is 0 Å². The maximum absolute atomic E-state index is 12.5. The van der Waals surface area contributed by atoms with Crippen molar-refractivity contribution in [2.75, 3.05) is 0 Å². The van der Waals surface area contributed by atoms with E-state index in [1.54, 1.807) is 4.68 Å². The van der Waals surface area contributed by atoms with Crippen molar-refractivity contribution in [3.05, 3.63) is 45.7 Å². The minimum absolute atomic E-state index is 0.115. The Balaban J connectivity index is 2.58. The van der Waals surface area contributed by atoms with Crippen LogP contribution in [-0.4, -0.2) is 9.78 Å². The molecule has 2 aromatic rings. The molecule has 108 valence electrons. The normalized spacial score (nSPS) is 11.6. The fourth-order valence-electron chi connectivity index (χ4n) is 2.41. The van der Waals surface area contributed by atoms with Crippen molar-refractivity contribution >= 4 is 0 Å². The van der Waals surface area contributed by atoms with Gasteiger partial charge in [-0.3, -0.25) is 9.89 Å². The van der Waals surface area contributed by atoms with Crippen LogP contribution >= 0.6 is 0 Å². The van der Waals surface area contributed by atoms with E-state index >= 15 is 0 Å². The van der Waals surface area contributed by atoms with Gasteiger partial charge in [-0.1, -0.05) is 43.7 Å². The number of H-pyrrole nitrogens is 1. The van der Waals surface area contributed by atoms with Crippen LogP contribution in [0.5, 0.6) is 0 Å². The van der Waals surface area contributed by atoms with Crippen LogP contribution in [0.2, 0.25) is 0 Å². The first-order valence-corrected chi connectivity index (χ1v) is 7.30. The summed E-state index contributed by atoms with van der Waals surface area (Å²) in [6.07, 6.45) is 0.804. The molecule has 1 heterocycles. The standard InChI is InChI=1S/C17H24N2O/c1-11(2)10-15-16(14-8-6-13(5)7-9-14)18-19(12(3)4)17(15)20/h6-9,11-12,18H,10H2,1-5H3. The van der Waals surface area contributed by atoms with Crippen LogP contribution in [-0.2, 0) is 6.42 Å². The summed E-state index contributed by atoms with van der Waals surface area (Å²) in [6, 6.07) is 8.47. The van der Waals surface area contributed by atoms with Crippen molar-refractivity contribution in [2.24, 2.45) is 5.92 Å². The molecule has 3 heteroatoms. The maximum atomic E-state index is 12.5. The molecule has 3 nitrogen and oxygen atoms in total. The summed E-state index contributed by atoms with van der Waals surface area (Å²) < 4.78 is 1.73. The lowest BCUT2D eigenvalue weighted by atomic mass is 9.99. The third-order valence-electron chi connectivity index (χ3n) is 3.48. The van der Waals surface area contributed by atoms with Gasteiger partial charge in [-0.15, -0.1) is 0 Å². The number of rotatable bonds is 4. The molecule has 1 aromatic heterocycles. The zero-order chi connectivity index (χ0) is 14.9. The van der Waals surface area contributed by atoms with Crippen molar-refractivity contribution in [2.45, 2.75) is 47.1 Å². The SMILES string of the molecule is Cc1ccc(-c2[nH]n(C(C)C)c(=O)c2CC(C)C)cc1. The van der Waals surface area contributed by atoms with Gasteiger partial charge in [-0.25, -0.2) is 4.68 Å². The minimum Gasteiger partial charge on any atom is -0.294 e. The molecule has 0 aliphatic heterocycles. The zero-order valence-corrected chi connectivity index (χ0v) is 13.0. The zero-order valence-electron chi connectivity index (χ0n) is 13.0. The third-order valence-corrected chi connectivity index (χ3v) is 3.48. The smallest absolute Gasteiger partial charge is 0.270 e. The largest absolute Gasteiger partial charge is 0.294 e. The quantitative estimate of drug-likeness (QED) is 0.899. The summed E-state index contributed by atoms with van der Waals surface area (Å²) in [6.45, 7) is 10.4. The van der Waals surface area contributed by atoms with Crippen molar-refractivity contribution in [1.82, 2.24) is 9.78 Å². The van der Waals surface area contributed by atoms with Crippen molar-refractivity contribution in [1.29, 1.82) is 0 Å². The monoisotopic (exact) mass is 272 g/mol. The van der Waals surface area contributed by atoms with Gasteiger partial charge in [0.15, 0.2) is 0 Å². The van der Waals surface area contributed by atoms with E-state index in [4.69, 9.17) is 0 Å². The molecule has 0 aliphatic carbocycles. The van der Waals surface area contributed by atoms with E-state index in [0.717, 1.165) is 23.2 Å². The second-order valence-electron chi connectivity index (χ2n) is 6.20. The highest BCUT2D eigenvalue weighted by atomic mass is 16.1. The van der Waals surface area contributed by atoms with Crippen LogP contribution in [0.25, 0.3) is 11.3 Å². The first-order valence-electron chi connectivity index (χ1n) is 7.30. The lowest BCUT2D eigenvalue weighted by Gasteiger charge is -2.06. The predicted molar refractivity (Wildman–Crippen MR) is 84.2 cm³/mol. The fourth-order valence-corrected chi connectivity index (χ4v) is 2.41. The molecule has 0 bridgehead atoms. The fraction of sp³-hybridized carbons (Fsp3) is 0.471. The van der Waals surface area contributed by atoms with E-state index in [-0.39, 0.29) is 11.6 Å². The number of hydrogen-bond donors (Lipinski definition) is 1. The third kappa shape index (κ3) is 2.87. The molecular weight excluding hydrogens is 248 g/mol. The highest BCUT2D eigenvalue weighted by Gasteiger charge is 2.17. The Hall–Kier alpha value is -1.77. The molecule has 0 saturated carbocycles. The minimum atomic E-state index is 0.115. The van der Waals surface area contributed by atoms with Gasteiger partial charge in [0, 0.05) is 11.6 Å². The predicted octanol–water partition coefficient (Wildman–Crippen LogP) is 3.93. The number of nitrogens with one attached hydrogen (secondary N) is 1. The summed E-state index contributed by atoms with van der Waals surface area (Å²) in [5.74, 6) is 0.461. The second-order valence-corrected chi connectivity index (χ2v) is 6.20. The molecule has 0 atom stereocenters. The lowest BCUT2D eigenvalue weighted by molar-refractivity contribution is 0.515. The van der Waals surface area contributed by atoms with E-state index in [1.165, 1.54) is 5.56 Å². The molecule has 2 rings (SSSR count). The average Bonchev–Trinajstić information content (AvgIpc) is 2.68. The van der Waals surface area contributed by atoms with Gasteiger partial charge in [0.25, 0.3) is 5.56 Å². The number of benzene rings is 1. The summed E-state index contributed by atoms with van der Waals surface area (Å²) in [4.78, 5) is 12.5. The number of hydrogen-bond acceptors (Lipinski definition) is 1. The molecule has 0 fully saturated rings. The second kappa shape index (κ2) is 5.70. The van der Waals surface area contributed by atoms with Gasteiger partial charge in [-0.05, 0) is 38.7 Å². The number of aromatic nitrogens is 2. The lowest BCUT2D eigenvalue weighted by Crippen LogP contribution is -2.21. The molecule has 1 aromatic carbocycles. The molecule has 1 N–H and O–H groups in total. The summed E-state index contributed by atoms with van der Waals surface area (Å²) in [5.41, 5.74) is 4.30. The Labute approximate surface area is 120 Å². The van der Waals surface area contributed by atoms with Crippen LogP contribution in [0.1, 0.15) is 44.9 Å². The van der Waals surface area contributed by atoms with Crippen LogP contribution < -0.4 is 5.56 Å². The Bertz CT molecular complexity index is 630. The molecule has 0 saturated heterocycles. The summed E-state index contributed by atoms with van der Waals surface area (Å²) in [5, 5.41) is 3.29. The molecule has 0 amide bonds. The van der Waals surface area contributed by atoms with Gasteiger partial charge in [0.2, 0.25) is 0 Å². The van der Waals surface area contributed by atoms with E-state index in [1.807, 2.05) is 13.8 Å². The Morgan fingerprint density at radius 3 is 2.20 bits per heavy atom. The molecular formula is C17H24N2O. The highest BCUT2D eigenvalue weighted by Crippen LogP contribution is 2.23. The van der Waals surface area contributed by atoms with Crippen molar-refractivity contribution < 1.29 is 0 Å². The van der Waals surface area contributed by atoms with Gasteiger partial charge < -0.3 is 0 Å². The van der Waals surface area contributed by atoms with Gasteiger partial charge >= 0.3 is 0 Å².